The Morgan fingerprint density at radius 1 is 0.500 bits per heavy atom. The summed E-state index contributed by atoms with van der Waals surface area (Å²) < 4.78 is 0. The summed E-state index contributed by atoms with van der Waals surface area (Å²) in [7, 11) is 0. The number of hydrogen-bond donors (Lipinski definition) is 19. The van der Waals surface area contributed by atoms with E-state index in [1.54, 1.807) is 6.26 Å². The number of aliphatic carboxylic acids is 1. The van der Waals surface area contributed by atoms with E-state index in [4.69, 9.17) is 17.2 Å². The minimum atomic E-state index is -1.86. The van der Waals surface area contributed by atoms with Crippen molar-refractivity contribution >= 4 is 76.9 Å². The molecule has 0 aromatic heterocycles. The molecule has 9 amide bonds. The van der Waals surface area contributed by atoms with Gasteiger partial charge in [-0.05, 0) is 79.5 Å². The molecule has 30 nitrogen and oxygen atoms in total. The van der Waals surface area contributed by atoms with Crippen LogP contribution in [0.3, 0.4) is 0 Å². The molecule has 22 N–H and O–H groups in total. The molecule has 0 spiro atoms. The van der Waals surface area contributed by atoms with Gasteiger partial charge in [-0.2, -0.15) is 11.8 Å². The van der Waals surface area contributed by atoms with Crippen molar-refractivity contribution in [2.45, 2.75) is 113 Å². The Morgan fingerprint density at radius 3 is 1.30 bits per heavy atom. The lowest BCUT2D eigenvalue weighted by Gasteiger charge is -2.28. The van der Waals surface area contributed by atoms with E-state index >= 15 is 0 Å². The zero-order chi connectivity index (χ0) is 60.2. The van der Waals surface area contributed by atoms with Gasteiger partial charge in [0.05, 0.1) is 32.5 Å². The second-order valence-electron chi connectivity index (χ2n) is 18.5. The fourth-order valence-corrected chi connectivity index (χ4v) is 7.64. The highest BCUT2D eigenvalue weighted by atomic mass is 32.2. The first-order chi connectivity index (χ1) is 37.8. The van der Waals surface area contributed by atoms with Crippen LogP contribution >= 0.6 is 11.8 Å². The molecule has 2 aromatic rings. The van der Waals surface area contributed by atoms with Gasteiger partial charge in [-0.15, -0.1) is 0 Å². The number of carbonyl (C=O) groups is 10. The van der Waals surface area contributed by atoms with Crippen molar-refractivity contribution in [2.24, 2.45) is 28.1 Å². The van der Waals surface area contributed by atoms with Gasteiger partial charge in [-0.25, -0.2) is 4.79 Å². The van der Waals surface area contributed by atoms with Crippen molar-refractivity contribution < 1.29 is 83.7 Å². The number of carbonyl (C=O) groups excluding carboxylic acids is 9. The van der Waals surface area contributed by atoms with Crippen LogP contribution in [0.15, 0.2) is 53.5 Å². The van der Waals surface area contributed by atoms with Crippen molar-refractivity contribution in [3.63, 3.8) is 0 Å². The van der Waals surface area contributed by atoms with Gasteiger partial charge in [-0.1, -0.05) is 38.1 Å². The van der Waals surface area contributed by atoms with E-state index in [9.17, 15) is 83.7 Å². The zero-order valence-electron chi connectivity index (χ0n) is 44.5. The van der Waals surface area contributed by atoms with Gasteiger partial charge in [-0.3, -0.25) is 48.1 Å². The average Bonchev–Trinajstić information content (AvgIpc) is 3.41. The highest BCUT2D eigenvalue weighted by Gasteiger charge is 2.36. The molecule has 0 unspecified atom stereocenters. The van der Waals surface area contributed by atoms with Crippen molar-refractivity contribution in [1.82, 2.24) is 47.9 Å². The summed E-state index contributed by atoms with van der Waals surface area (Å²) in [6, 6.07) is -4.39. The number of benzene rings is 2. The summed E-state index contributed by atoms with van der Waals surface area (Å²) in [6.07, 6.45) is 1.76. The summed E-state index contributed by atoms with van der Waals surface area (Å²) in [5.41, 5.74) is 17.2. The summed E-state index contributed by atoms with van der Waals surface area (Å²) in [6.45, 7) is 0.0689. The number of aliphatic imine (C=N–C) groups is 1. The van der Waals surface area contributed by atoms with Crippen LogP contribution in [0.1, 0.15) is 51.2 Å². The molecule has 0 bridgehead atoms. The summed E-state index contributed by atoms with van der Waals surface area (Å²) >= 11 is 1.32. The van der Waals surface area contributed by atoms with Crippen LogP contribution in [0.25, 0.3) is 0 Å². The highest BCUT2D eigenvalue weighted by Crippen LogP contribution is 2.15. The Morgan fingerprint density at radius 2 is 0.875 bits per heavy atom. The molecule has 0 aliphatic heterocycles. The quantitative estimate of drug-likeness (QED) is 0.0173. The van der Waals surface area contributed by atoms with E-state index in [1.807, 2.05) is 0 Å². The SMILES string of the molecule is CSCC[C@H](NC(=O)[C@H](Cc1ccc(O)cc1)NC(=O)[C@H](CO)NC(=O)[C@@H](NC(=O)[C@H](CO)NC(=O)[C@H](CO)NC(=O)[C@H](CO)NC(=O)[C@H](C)NC(=O)[C@@H](N)CCCN=C(N)N)C(C)C)C(=O)N[C@@H](Cc1ccc(O)cc1)C(=O)O. The van der Waals surface area contributed by atoms with Crippen molar-refractivity contribution in [3.8, 4) is 11.5 Å². The Bertz CT molecular complexity index is 2430. The van der Waals surface area contributed by atoms with Gasteiger partial charge < -0.3 is 101 Å². The number of aliphatic hydroxyl groups is 4. The first-order valence-electron chi connectivity index (χ1n) is 25.0. The number of hydrogen-bond acceptors (Lipinski definition) is 19. The van der Waals surface area contributed by atoms with Gasteiger partial charge in [0.1, 0.15) is 65.9 Å². The summed E-state index contributed by atoms with van der Waals surface area (Å²) in [5, 5.41) is 90.6. The minimum Gasteiger partial charge on any atom is -0.508 e. The number of carboxylic acids is 1. The topological polar surface area (TPSA) is 511 Å². The van der Waals surface area contributed by atoms with E-state index in [0.29, 0.717) is 23.3 Å². The molecule has 80 heavy (non-hydrogen) atoms. The molecule has 0 aliphatic carbocycles. The molecule has 10 atom stereocenters. The van der Waals surface area contributed by atoms with Crippen LogP contribution in [-0.2, 0) is 60.8 Å². The summed E-state index contributed by atoms with van der Waals surface area (Å²) in [4.78, 5) is 136. The molecule has 2 aromatic carbocycles. The normalized spacial score (nSPS) is 14.8. The standard InChI is InChI=1S/C49H75N13O17S/c1-24(2)38(62-46(76)37(23-66)60-45(75)35(21-64)59-44(74)34(20-63)58-39(69)25(3)54-40(70)30(50)6-5-16-53-49(51)52)47(77)61-36(22-65)43(73)56-32(18-26-7-11-28(67)12-8-26)42(72)55-31(15-17-80-4)41(71)57-33(48(78)79)19-27-9-13-29(68)14-10-27/h7-14,24-25,30-38,63-68H,5-6,15-23,50H2,1-4H3,(H,54,70)(H,55,72)(H,56,73)(H,57,71)(H,58,69)(H,59,74)(H,60,75)(H,61,77)(H,62,76)(H,78,79)(H4,51,52,53)/t25-,30-,31-,32-,33-,34-,35-,36-,37-,38-/m0/s1. The van der Waals surface area contributed by atoms with Crippen LogP contribution in [0.4, 0.5) is 0 Å². The average molecular weight is 1150 g/mol. The van der Waals surface area contributed by atoms with Crippen molar-refractivity contribution in [3.05, 3.63) is 59.7 Å². The molecule has 444 valence electrons. The number of amides is 9. The van der Waals surface area contributed by atoms with Gasteiger partial charge in [0.25, 0.3) is 0 Å². The maximum Gasteiger partial charge on any atom is 0.326 e. The first-order valence-corrected chi connectivity index (χ1v) is 26.4. The second kappa shape index (κ2) is 34.9. The molecule has 0 heterocycles. The van der Waals surface area contributed by atoms with Crippen LogP contribution < -0.4 is 65.1 Å². The first kappa shape index (κ1) is 68.3. The number of rotatable bonds is 35. The van der Waals surface area contributed by atoms with Gasteiger partial charge in [0, 0.05) is 19.4 Å². The Hall–Kier alpha value is -7.84. The van der Waals surface area contributed by atoms with Crippen LogP contribution in [0.5, 0.6) is 11.5 Å². The van der Waals surface area contributed by atoms with E-state index in [2.05, 4.69) is 52.8 Å². The lowest BCUT2D eigenvalue weighted by molar-refractivity contribution is -0.142. The van der Waals surface area contributed by atoms with Crippen LogP contribution in [0.2, 0.25) is 0 Å². The molecule has 0 fully saturated rings. The summed E-state index contributed by atoms with van der Waals surface area (Å²) in [5.74, 6) is -11.6. The van der Waals surface area contributed by atoms with Crippen molar-refractivity contribution in [1.29, 1.82) is 0 Å². The van der Waals surface area contributed by atoms with E-state index in [-0.39, 0.29) is 49.7 Å². The predicted molar refractivity (Wildman–Crippen MR) is 288 cm³/mol. The van der Waals surface area contributed by atoms with E-state index in [1.165, 1.54) is 81.1 Å². The molecular weight excluding hydrogens is 1070 g/mol. The number of aliphatic hydroxyl groups excluding tert-OH is 4. The molecule has 0 aliphatic rings. The number of phenols is 2. The van der Waals surface area contributed by atoms with Gasteiger partial charge in [0.15, 0.2) is 5.96 Å². The van der Waals surface area contributed by atoms with Crippen molar-refractivity contribution in [2.75, 3.05) is 45.0 Å². The number of thioether (sulfide) groups is 1. The predicted octanol–water partition coefficient (Wildman–Crippen LogP) is -6.89. The third kappa shape index (κ3) is 23.6. The number of aromatic hydroxyl groups is 2. The Kier molecular flexibility index (Phi) is 29.8. The third-order valence-electron chi connectivity index (χ3n) is 11.8. The molecule has 0 saturated heterocycles. The fraction of sp³-hybridized carbons (Fsp3) is 0.531. The molecule has 0 radical (unpaired) electrons. The Labute approximate surface area is 464 Å². The molecule has 31 heteroatoms. The molecular formula is C49H75N13O17S. The second-order valence-corrected chi connectivity index (χ2v) is 19.5. The maximum atomic E-state index is 14.1. The number of nitrogens with two attached hydrogens (primary N) is 3. The van der Waals surface area contributed by atoms with E-state index in [0.717, 1.165) is 0 Å². The number of nitrogens with zero attached hydrogens (tertiary/aromatic N) is 1. The smallest absolute Gasteiger partial charge is 0.326 e. The fourth-order valence-electron chi connectivity index (χ4n) is 7.17. The zero-order valence-corrected chi connectivity index (χ0v) is 45.4. The maximum absolute atomic E-state index is 14.1. The highest BCUT2D eigenvalue weighted by molar-refractivity contribution is 7.98. The number of nitrogens with one attached hydrogen (secondary N) is 9. The third-order valence-corrected chi connectivity index (χ3v) is 12.5. The molecule has 0 saturated carbocycles. The number of guanidine groups is 1. The Balaban J connectivity index is 2.20. The van der Waals surface area contributed by atoms with Crippen LogP contribution in [0, 0.1) is 5.92 Å². The lowest BCUT2D eigenvalue weighted by atomic mass is 10.0. The molecule has 2 rings (SSSR count). The van der Waals surface area contributed by atoms with Crippen LogP contribution in [-0.4, -0.2) is 206 Å². The monoisotopic (exact) mass is 1150 g/mol. The number of carboxylic acid groups (broad SMARTS) is 1. The minimum absolute atomic E-state index is 0.000366. The van der Waals surface area contributed by atoms with E-state index < -0.39 is 152 Å². The largest absolute Gasteiger partial charge is 0.508 e. The number of phenolic OH excluding ortho intramolecular Hbond substituents is 2. The van der Waals surface area contributed by atoms with Gasteiger partial charge in [0.2, 0.25) is 53.2 Å². The van der Waals surface area contributed by atoms with Gasteiger partial charge >= 0.3 is 5.97 Å². The lowest BCUT2D eigenvalue weighted by Crippen LogP contribution is -2.62.